The van der Waals surface area contributed by atoms with Crippen LogP contribution < -0.4 is 10.1 Å². The van der Waals surface area contributed by atoms with Crippen LogP contribution in [0.2, 0.25) is 0 Å². The van der Waals surface area contributed by atoms with Gasteiger partial charge in [0, 0.05) is 25.9 Å². The molecule has 0 unspecified atom stereocenters. The van der Waals surface area contributed by atoms with Gasteiger partial charge in [0.15, 0.2) is 0 Å². The van der Waals surface area contributed by atoms with E-state index in [2.05, 4.69) is 27.1 Å². The van der Waals surface area contributed by atoms with Crippen molar-refractivity contribution in [2.45, 2.75) is 31.8 Å². The Morgan fingerprint density at radius 3 is 2.70 bits per heavy atom. The lowest BCUT2D eigenvalue weighted by Gasteiger charge is -2.13. The van der Waals surface area contributed by atoms with E-state index in [9.17, 15) is 4.79 Å². The van der Waals surface area contributed by atoms with Crippen LogP contribution in [0.4, 0.5) is 0 Å². The van der Waals surface area contributed by atoms with Gasteiger partial charge in [0.25, 0.3) is 0 Å². The molecule has 0 atom stereocenters. The Balaban J connectivity index is 0.000000307. The van der Waals surface area contributed by atoms with Gasteiger partial charge in [0.2, 0.25) is 11.8 Å². The van der Waals surface area contributed by atoms with Gasteiger partial charge >= 0.3 is 0 Å². The highest BCUT2D eigenvalue weighted by molar-refractivity contribution is 5.86. The highest BCUT2D eigenvalue weighted by atomic mass is 16.5. The highest BCUT2D eigenvalue weighted by Gasteiger charge is 2.19. The molecule has 0 radical (unpaired) electrons. The fourth-order valence-electron chi connectivity index (χ4n) is 2.94. The quantitative estimate of drug-likeness (QED) is 0.715. The molecule has 3 heterocycles. The van der Waals surface area contributed by atoms with Crippen molar-refractivity contribution in [2.24, 2.45) is 7.05 Å². The van der Waals surface area contributed by atoms with Gasteiger partial charge in [0.1, 0.15) is 11.6 Å². The predicted molar refractivity (Wildman–Crippen MR) is 102 cm³/mol. The summed E-state index contributed by atoms with van der Waals surface area (Å²) in [7, 11) is 3.45. The largest absolute Gasteiger partial charge is 0.473 e. The maximum absolute atomic E-state index is 9.95. The maximum atomic E-state index is 9.95. The molecule has 1 N–H and O–H groups in total. The van der Waals surface area contributed by atoms with E-state index < -0.39 is 0 Å². The Morgan fingerprint density at radius 1 is 1.33 bits per heavy atom. The molecule has 0 bridgehead atoms. The molecule has 0 aromatic carbocycles. The summed E-state index contributed by atoms with van der Waals surface area (Å²) in [4.78, 5) is 14.6. The van der Waals surface area contributed by atoms with Crippen LogP contribution in [-0.4, -0.2) is 43.4 Å². The number of nitrogens with zero attached hydrogens (tertiary/aromatic N) is 5. The first-order valence-electron chi connectivity index (χ1n) is 8.95. The summed E-state index contributed by atoms with van der Waals surface area (Å²) in [5, 5.41) is 10.9. The molecule has 1 amide bonds. The van der Waals surface area contributed by atoms with Crippen LogP contribution in [0.5, 0.6) is 5.88 Å². The molecule has 1 saturated carbocycles. The topological polar surface area (TPSA) is 86.3 Å². The van der Waals surface area contributed by atoms with E-state index in [4.69, 9.17) is 4.74 Å². The summed E-state index contributed by atoms with van der Waals surface area (Å²) in [5.41, 5.74) is 2.70. The summed E-state index contributed by atoms with van der Waals surface area (Å²) in [6.45, 7) is 3.22. The summed E-state index contributed by atoms with van der Waals surface area (Å²) in [5.74, 6) is 0.524. The fourth-order valence-corrected chi connectivity index (χ4v) is 2.94. The lowest BCUT2D eigenvalue weighted by molar-refractivity contribution is -0.116. The number of amides is 1. The number of rotatable bonds is 4. The number of nitrogens with one attached hydrogen (secondary N) is 1. The fraction of sp³-hybridized carbons (Fsp3) is 0.368. The first-order chi connectivity index (χ1) is 13.1. The van der Waals surface area contributed by atoms with Gasteiger partial charge in [-0.05, 0) is 37.8 Å². The molecule has 1 aliphatic rings. The average Bonchev–Trinajstić information content (AvgIpc) is 3.43. The van der Waals surface area contributed by atoms with Crippen LogP contribution in [0, 0.1) is 0 Å². The van der Waals surface area contributed by atoms with E-state index in [0.717, 1.165) is 29.6 Å². The van der Waals surface area contributed by atoms with Crippen LogP contribution in [0.15, 0.2) is 43.5 Å². The van der Waals surface area contributed by atoms with Gasteiger partial charge in [-0.1, -0.05) is 6.58 Å². The Bertz CT molecular complexity index is 923. The summed E-state index contributed by atoms with van der Waals surface area (Å²) in [6, 6.07) is 1.93. The summed E-state index contributed by atoms with van der Waals surface area (Å²) >= 11 is 0. The third-order valence-electron chi connectivity index (χ3n) is 4.37. The molecule has 4 rings (SSSR count). The number of fused-ring (bicyclic) bond motifs is 1. The van der Waals surface area contributed by atoms with Gasteiger partial charge in [-0.15, -0.1) is 0 Å². The number of ether oxygens (including phenoxy) is 1. The molecule has 8 heteroatoms. The number of hydrogen-bond acceptors (Lipinski definition) is 5. The molecule has 3 aromatic rings. The van der Waals surface area contributed by atoms with Crippen LogP contribution in [-0.2, 0) is 11.8 Å². The Hall–Kier alpha value is -3.16. The molecule has 0 saturated heterocycles. The molecule has 3 aromatic heterocycles. The lowest BCUT2D eigenvalue weighted by atomic mass is 10.2. The van der Waals surface area contributed by atoms with Crippen molar-refractivity contribution in [2.75, 3.05) is 7.05 Å². The number of aromatic nitrogens is 5. The summed E-state index contributed by atoms with van der Waals surface area (Å²) in [6.07, 6.45) is 13.6. The smallest absolute Gasteiger partial charge is 0.243 e. The van der Waals surface area contributed by atoms with Gasteiger partial charge in [0.05, 0.1) is 24.3 Å². The molecule has 27 heavy (non-hydrogen) atoms. The highest BCUT2D eigenvalue weighted by Crippen LogP contribution is 2.28. The first kappa shape index (κ1) is 18.6. The molecule has 0 spiro atoms. The molecule has 0 aliphatic heterocycles. The van der Waals surface area contributed by atoms with E-state index in [-0.39, 0.29) is 12.0 Å². The Morgan fingerprint density at radius 2 is 2.11 bits per heavy atom. The van der Waals surface area contributed by atoms with Crippen molar-refractivity contribution in [1.82, 2.24) is 29.7 Å². The monoisotopic (exact) mass is 368 g/mol. The first-order valence-corrected chi connectivity index (χ1v) is 8.95. The third-order valence-corrected chi connectivity index (χ3v) is 4.37. The minimum atomic E-state index is -0.144. The minimum absolute atomic E-state index is 0.144. The van der Waals surface area contributed by atoms with Crippen molar-refractivity contribution in [1.29, 1.82) is 0 Å². The minimum Gasteiger partial charge on any atom is -0.473 e. The SMILES string of the molecule is C=CC(=O)NC.Cn1cc(-c2cn3nccc3c(OC3CCCC3)n2)cn1. The number of hydrogen-bond donors (Lipinski definition) is 1. The van der Waals surface area contributed by atoms with Crippen molar-refractivity contribution in [3.05, 3.63) is 43.5 Å². The molecule has 142 valence electrons. The lowest BCUT2D eigenvalue weighted by Crippen LogP contribution is -2.13. The Labute approximate surface area is 157 Å². The predicted octanol–water partition coefficient (Wildman–Crippen LogP) is 2.37. The zero-order chi connectivity index (χ0) is 19.2. The van der Waals surface area contributed by atoms with E-state index in [0.29, 0.717) is 5.88 Å². The van der Waals surface area contributed by atoms with Crippen molar-refractivity contribution < 1.29 is 9.53 Å². The third kappa shape index (κ3) is 4.52. The molecule has 1 aliphatic carbocycles. The number of aryl methyl sites for hydroxylation is 1. The van der Waals surface area contributed by atoms with Crippen molar-refractivity contribution >= 4 is 11.4 Å². The second-order valence-corrected chi connectivity index (χ2v) is 6.34. The molecular formula is C19H24N6O2. The second kappa shape index (κ2) is 8.48. The number of likely N-dealkylation sites (N-methyl/N-ethyl adjacent to an activating group) is 1. The zero-order valence-electron chi connectivity index (χ0n) is 15.6. The Kier molecular flexibility index (Phi) is 5.85. The van der Waals surface area contributed by atoms with E-state index in [1.165, 1.54) is 18.9 Å². The van der Waals surface area contributed by atoms with Crippen molar-refractivity contribution in [3.8, 4) is 17.1 Å². The van der Waals surface area contributed by atoms with E-state index in [1.54, 1.807) is 24.1 Å². The number of carbonyl (C=O) groups excluding carboxylic acids is 1. The van der Waals surface area contributed by atoms with E-state index in [1.807, 2.05) is 30.0 Å². The number of carbonyl (C=O) groups is 1. The van der Waals surface area contributed by atoms with Gasteiger partial charge in [-0.25, -0.2) is 9.50 Å². The molecule has 8 nitrogen and oxygen atoms in total. The average molecular weight is 368 g/mol. The van der Waals surface area contributed by atoms with Crippen LogP contribution >= 0.6 is 0 Å². The summed E-state index contributed by atoms with van der Waals surface area (Å²) < 4.78 is 9.70. The van der Waals surface area contributed by atoms with Crippen LogP contribution in [0.25, 0.3) is 16.8 Å². The normalized spacial score (nSPS) is 13.9. The van der Waals surface area contributed by atoms with Crippen LogP contribution in [0.1, 0.15) is 25.7 Å². The van der Waals surface area contributed by atoms with Crippen molar-refractivity contribution in [3.63, 3.8) is 0 Å². The van der Waals surface area contributed by atoms with Gasteiger partial charge < -0.3 is 10.1 Å². The zero-order valence-corrected chi connectivity index (χ0v) is 15.6. The van der Waals surface area contributed by atoms with Gasteiger partial charge in [-0.2, -0.15) is 10.2 Å². The van der Waals surface area contributed by atoms with Gasteiger partial charge in [-0.3, -0.25) is 9.48 Å². The molecule has 1 fully saturated rings. The molecular weight excluding hydrogens is 344 g/mol. The standard InChI is InChI=1S/C15H17N5O.C4H7NO/c1-19-9-11(8-17-19)13-10-20-14(6-7-16-20)15(18-13)21-12-4-2-3-5-12;1-3-4(6)5-2/h6-10,12H,2-5H2,1H3;3H,1H2,2H3,(H,5,6). The van der Waals surface area contributed by atoms with Crippen LogP contribution in [0.3, 0.4) is 0 Å². The second-order valence-electron chi connectivity index (χ2n) is 6.34. The maximum Gasteiger partial charge on any atom is 0.243 e. The van der Waals surface area contributed by atoms with E-state index >= 15 is 0 Å².